The average Bonchev–Trinajstić information content (AvgIpc) is 3.12. The molecule has 0 radical (unpaired) electrons. The number of carboxylic acids is 1. The fourth-order valence-corrected chi connectivity index (χ4v) is 4.60. The van der Waals surface area contributed by atoms with Crippen LogP contribution in [-0.4, -0.2) is 62.5 Å². The molecule has 1 saturated heterocycles. The number of carbonyl (C=O) groups is 1. The highest BCUT2D eigenvalue weighted by Crippen LogP contribution is 2.38. The lowest BCUT2D eigenvalue weighted by molar-refractivity contribution is 0.0697. The van der Waals surface area contributed by atoms with E-state index in [1.807, 2.05) is 13.0 Å². The van der Waals surface area contributed by atoms with Gasteiger partial charge in [-0.25, -0.2) is 9.78 Å². The Balaban J connectivity index is 1.55. The normalized spacial score (nSPS) is 15.4. The average molecular weight is 440 g/mol. The summed E-state index contributed by atoms with van der Waals surface area (Å²) in [6.45, 7) is 5.32. The van der Waals surface area contributed by atoms with E-state index in [0.29, 0.717) is 19.7 Å². The number of ether oxygens (including phenoxy) is 1. The Kier molecular flexibility index (Phi) is 6.34. The summed E-state index contributed by atoms with van der Waals surface area (Å²) in [5.74, 6) is 0.0468. The van der Waals surface area contributed by atoms with Gasteiger partial charge in [-0.1, -0.05) is 12.1 Å². The van der Waals surface area contributed by atoms with Gasteiger partial charge in [0, 0.05) is 19.2 Å². The van der Waals surface area contributed by atoms with E-state index in [2.05, 4.69) is 9.47 Å². The van der Waals surface area contributed by atoms with Crippen molar-refractivity contribution in [3.05, 3.63) is 52.8 Å². The summed E-state index contributed by atoms with van der Waals surface area (Å²) in [5.41, 5.74) is 3.53. The van der Waals surface area contributed by atoms with Crippen molar-refractivity contribution in [1.82, 2.24) is 14.5 Å². The minimum atomic E-state index is -0.951. The zero-order valence-corrected chi connectivity index (χ0v) is 18.4. The third-order valence-corrected chi connectivity index (χ3v) is 6.33. The lowest BCUT2D eigenvalue weighted by Gasteiger charge is -2.32. The quantitative estimate of drug-likeness (QED) is 0.484. The van der Waals surface area contributed by atoms with E-state index >= 15 is 0 Å². The number of phenols is 2. The summed E-state index contributed by atoms with van der Waals surface area (Å²) < 4.78 is 7.34. The number of aromatic nitrogens is 2. The number of hydrogen-bond donors (Lipinski definition) is 3. The molecule has 0 bridgehead atoms. The van der Waals surface area contributed by atoms with Crippen LogP contribution in [0.1, 0.15) is 46.1 Å². The molecule has 4 rings (SSSR count). The molecule has 32 heavy (non-hydrogen) atoms. The molecule has 3 N–H and O–H groups in total. The number of para-hydroxylation sites is 1. The van der Waals surface area contributed by atoms with E-state index in [4.69, 9.17) is 9.72 Å². The molecular formula is C24H29N3O5. The first-order chi connectivity index (χ1) is 15.4. The minimum Gasteiger partial charge on any atom is -0.504 e. The summed E-state index contributed by atoms with van der Waals surface area (Å²) in [5, 5.41) is 29.5. The van der Waals surface area contributed by atoms with E-state index < -0.39 is 5.97 Å². The van der Waals surface area contributed by atoms with Crippen LogP contribution in [0.5, 0.6) is 11.5 Å². The van der Waals surface area contributed by atoms with Gasteiger partial charge in [-0.3, -0.25) is 4.90 Å². The van der Waals surface area contributed by atoms with E-state index in [-0.39, 0.29) is 23.0 Å². The maximum absolute atomic E-state index is 11.5. The van der Waals surface area contributed by atoms with Crippen LogP contribution in [0.25, 0.3) is 11.0 Å². The molecule has 0 unspecified atom stereocenters. The van der Waals surface area contributed by atoms with E-state index in [1.165, 1.54) is 6.07 Å². The lowest BCUT2D eigenvalue weighted by Crippen LogP contribution is -2.33. The number of hydrogen-bond acceptors (Lipinski definition) is 6. The van der Waals surface area contributed by atoms with Crippen molar-refractivity contribution in [2.45, 2.75) is 38.8 Å². The standard InChI is InChI=1S/C24H29N3O5/c1-15-12-17(24(30)31)13-19-22(15)25-21(27(19)10-11-32-2)14-26-8-6-16(7-9-26)18-4-3-5-20(28)23(18)29/h3-5,12-13,16,28-29H,6-11,14H2,1-2H3,(H,30,31). The number of nitrogens with zero attached hydrogens (tertiary/aromatic N) is 3. The topological polar surface area (TPSA) is 108 Å². The predicted molar refractivity (Wildman–Crippen MR) is 120 cm³/mol. The molecule has 2 heterocycles. The van der Waals surface area contributed by atoms with Crippen LogP contribution < -0.4 is 0 Å². The molecule has 8 nitrogen and oxygen atoms in total. The van der Waals surface area contributed by atoms with Gasteiger partial charge in [-0.15, -0.1) is 0 Å². The number of aromatic hydroxyl groups is 2. The molecule has 1 aliphatic heterocycles. The number of methoxy groups -OCH3 is 1. The molecule has 3 aromatic rings. The largest absolute Gasteiger partial charge is 0.504 e. The second-order valence-electron chi connectivity index (χ2n) is 8.40. The van der Waals surface area contributed by atoms with Gasteiger partial charge in [0.2, 0.25) is 0 Å². The molecule has 0 atom stereocenters. The maximum atomic E-state index is 11.5. The number of aromatic carboxylic acids is 1. The van der Waals surface area contributed by atoms with E-state index in [0.717, 1.165) is 53.9 Å². The number of carboxylic acid groups (broad SMARTS) is 1. The number of likely N-dealkylation sites (tertiary alicyclic amines) is 1. The summed E-state index contributed by atoms with van der Waals surface area (Å²) in [6, 6.07) is 8.49. The fraction of sp³-hybridized carbons (Fsp3) is 0.417. The van der Waals surface area contributed by atoms with Crippen LogP contribution in [0.3, 0.4) is 0 Å². The number of piperidine rings is 1. The number of aryl methyl sites for hydroxylation is 1. The van der Waals surface area contributed by atoms with E-state index in [9.17, 15) is 20.1 Å². The summed E-state index contributed by atoms with van der Waals surface area (Å²) in [7, 11) is 1.65. The van der Waals surface area contributed by atoms with Gasteiger partial charge in [-0.05, 0) is 62.5 Å². The molecule has 0 amide bonds. The van der Waals surface area contributed by atoms with Crippen molar-refractivity contribution in [3.8, 4) is 11.5 Å². The van der Waals surface area contributed by atoms with Gasteiger partial charge in [0.1, 0.15) is 5.82 Å². The molecule has 1 fully saturated rings. The maximum Gasteiger partial charge on any atom is 0.335 e. The Bertz CT molecular complexity index is 1130. The Morgan fingerprint density at radius 2 is 1.97 bits per heavy atom. The highest BCUT2D eigenvalue weighted by atomic mass is 16.5. The van der Waals surface area contributed by atoms with E-state index in [1.54, 1.807) is 25.3 Å². The molecule has 2 aromatic carbocycles. The lowest BCUT2D eigenvalue weighted by atomic mass is 9.88. The number of fused-ring (bicyclic) bond motifs is 1. The number of rotatable bonds is 7. The van der Waals surface area contributed by atoms with Crippen molar-refractivity contribution < 1.29 is 24.9 Å². The van der Waals surface area contributed by atoms with Gasteiger partial charge in [0.25, 0.3) is 0 Å². The van der Waals surface area contributed by atoms with Gasteiger partial charge < -0.3 is 24.6 Å². The van der Waals surface area contributed by atoms with Crippen LogP contribution in [0.4, 0.5) is 0 Å². The van der Waals surface area contributed by atoms with Crippen molar-refractivity contribution in [2.24, 2.45) is 0 Å². The van der Waals surface area contributed by atoms with Crippen LogP contribution >= 0.6 is 0 Å². The number of benzene rings is 2. The molecule has 170 valence electrons. The number of phenolic OH excluding ortho intramolecular Hbond substituents is 2. The van der Waals surface area contributed by atoms with Gasteiger partial charge >= 0.3 is 5.97 Å². The molecule has 8 heteroatoms. The summed E-state index contributed by atoms with van der Waals surface area (Å²) >= 11 is 0. The van der Waals surface area contributed by atoms with Crippen molar-refractivity contribution in [2.75, 3.05) is 26.8 Å². The monoisotopic (exact) mass is 439 g/mol. The molecule has 1 aromatic heterocycles. The van der Waals surface area contributed by atoms with Crippen LogP contribution in [-0.2, 0) is 17.8 Å². The molecule has 1 aliphatic rings. The third kappa shape index (κ3) is 4.28. The zero-order valence-electron chi connectivity index (χ0n) is 18.4. The van der Waals surface area contributed by atoms with Gasteiger partial charge in [0.15, 0.2) is 11.5 Å². The second-order valence-corrected chi connectivity index (χ2v) is 8.40. The molecule has 0 aliphatic carbocycles. The Morgan fingerprint density at radius 1 is 1.22 bits per heavy atom. The Labute approximate surface area is 186 Å². The zero-order chi connectivity index (χ0) is 22.8. The summed E-state index contributed by atoms with van der Waals surface area (Å²) in [4.78, 5) is 18.7. The van der Waals surface area contributed by atoms with Crippen molar-refractivity contribution in [1.29, 1.82) is 0 Å². The first kappa shape index (κ1) is 22.1. The SMILES string of the molecule is COCCn1c(CN2CCC(c3cccc(O)c3O)CC2)nc2c(C)cc(C(=O)O)cc21. The third-order valence-electron chi connectivity index (χ3n) is 6.33. The highest BCUT2D eigenvalue weighted by molar-refractivity contribution is 5.93. The van der Waals surface area contributed by atoms with Crippen molar-refractivity contribution in [3.63, 3.8) is 0 Å². The van der Waals surface area contributed by atoms with Crippen LogP contribution in [0.2, 0.25) is 0 Å². The fourth-order valence-electron chi connectivity index (χ4n) is 4.60. The van der Waals surface area contributed by atoms with Crippen LogP contribution in [0, 0.1) is 6.92 Å². The highest BCUT2D eigenvalue weighted by Gasteiger charge is 2.25. The number of imidazole rings is 1. The molecule has 0 spiro atoms. The minimum absolute atomic E-state index is 0.0166. The van der Waals surface area contributed by atoms with Crippen LogP contribution in [0.15, 0.2) is 30.3 Å². The Hall–Kier alpha value is -3.10. The first-order valence-electron chi connectivity index (χ1n) is 10.8. The molecular weight excluding hydrogens is 410 g/mol. The van der Waals surface area contributed by atoms with Gasteiger partial charge in [-0.2, -0.15) is 0 Å². The first-order valence-corrected chi connectivity index (χ1v) is 10.8. The Morgan fingerprint density at radius 3 is 2.66 bits per heavy atom. The summed E-state index contributed by atoms with van der Waals surface area (Å²) in [6.07, 6.45) is 1.75. The van der Waals surface area contributed by atoms with Crippen molar-refractivity contribution >= 4 is 17.0 Å². The smallest absolute Gasteiger partial charge is 0.335 e. The van der Waals surface area contributed by atoms with Gasteiger partial charge in [0.05, 0.1) is 29.7 Å². The molecule has 0 saturated carbocycles. The second kappa shape index (κ2) is 9.18. The predicted octanol–water partition coefficient (Wildman–Crippen LogP) is 3.48.